The van der Waals surface area contributed by atoms with Crippen LogP contribution in [0, 0.1) is 0 Å². The summed E-state index contributed by atoms with van der Waals surface area (Å²) in [5.41, 5.74) is 0.632. The van der Waals surface area contributed by atoms with E-state index in [1.54, 1.807) is 44.2 Å². The van der Waals surface area contributed by atoms with E-state index in [0.717, 1.165) is 0 Å². The van der Waals surface area contributed by atoms with Crippen molar-refractivity contribution in [3.8, 4) is 0 Å². The van der Waals surface area contributed by atoms with Crippen molar-refractivity contribution in [2.75, 3.05) is 0 Å². The summed E-state index contributed by atoms with van der Waals surface area (Å²) in [6, 6.07) is 8.46. The zero-order valence-electron chi connectivity index (χ0n) is 11.6. The van der Waals surface area contributed by atoms with Crippen molar-refractivity contribution in [2.45, 2.75) is 45.2 Å². The summed E-state index contributed by atoms with van der Waals surface area (Å²) >= 11 is 0. The molecule has 7 heteroatoms. The van der Waals surface area contributed by atoms with Crippen LogP contribution < -0.4 is 0 Å². The number of hydrogen-bond donors (Lipinski definition) is 1. The molecule has 0 spiro atoms. The average Bonchev–Trinajstić information content (AvgIpc) is 2.27. The lowest BCUT2D eigenvalue weighted by molar-refractivity contribution is -0.182. The van der Waals surface area contributed by atoms with Crippen LogP contribution in [0.4, 0.5) is 13.2 Å². The highest BCUT2D eigenvalue weighted by atomic mass is 28.4. The van der Waals surface area contributed by atoms with Crippen LogP contribution in [-0.4, -0.2) is 32.0 Å². The van der Waals surface area contributed by atoms with Gasteiger partial charge >= 0.3 is 8.80 Å². The molecule has 1 rings (SSSR count). The minimum Gasteiger partial charge on any atom is -0.389 e. The maximum atomic E-state index is 13.7. The monoisotopic (exact) mass is 308 g/mol. The van der Waals surface area contributed by atoms with Gasteiger partial charge in [-0.05, 0) is 26.3 Å². The molecule has 2 atom stereocenters. The fourth-order valence-electron chi connectivity index (χ4n) is 1.68. The van der Waals surface area contributed by atoms with Crippen LogP contribution in [0.15, 0.2) is 30.3 Å². The molecule has 2 unspecified atom stereocenters. The van der Waals surface area contributed by atoms with Crippen LogP contribution in [0.1, 0.15) is 26.3 Å². The fourth-order valence-corrected chi connectivity index (χ4v) is 4.08. The summed E-state index contributed by atoms with van der Waals surface area (Å²) in [6.45, 7) is 3.82. The highest BCUT2D eigenvalue weighted by Gasteiger charge is 2.49. The van der Waals surface area contributed by atoms with Crippen LogP contribution in [-0.2, 0) is 14.9 Å². The zero-order chi connectivity index (χ0) is 15.4. The summed E-state index contributed by atoms with van der Waals surface area (Å²) in [5.74, 6) is -3.25. The van der Waals surface area contributed by atoms with Gasteiger partial charge in [0.25, 0.3) is 12.3 Å². The molecule has 0 heterocycles. The van der Waals surface area contributed by atoms with Crippen LogP contribution >= 0.6 is 0 Å². The van der Waals surface area contributed by atoms with Gasteiger partial charge in [0.1, 0.15) is 0 Å². The Hall–Kier alpha value is -0.893. The quantitative estimate of drug-likeness (QED) is 0.787. The van der Waals surface area contributed by atoms with E-state index >= 15 is 0 Å². The lowest BCUT2D eigenvalue weighted by atomic mass is 10.2. The van der Waals surface area contributed by atoms with Gasteiger partial charge in [0, 0.05) is 12.1 Å². The van der Waals surface area contributed by atoms with Gasteiger partial charge in [0.2, 0.25) is 0 Å². The summed E-state index contributed by atoms with van der Waals surface area (Å²) < 4.78 is 48.7. The van der Waals surface area contributed by atoms with Gasteiger partial charge in [0.05, 0.1) is 0 Å². The van der Waals surface area contributed by atoms with Gasteiger partial charge in [-0.3, -0.25) is 0 Å². The normalized spacial score (nSPS) is 18.1. The number of rotatable bonds is 7. The van der Waals surface area contributed by atoms with E-state index in [1.165, 1.54) is 0 Å². The number of benzene rings is 1. The largest absolute Gasteiger partial charge is 0.505 e. The third-order valence-electron chi connectivity index (χ3n) is 2.44. The van der Waals surface area contributed by atoms with E-state index in [9.17, 15) is 18.0 Å². The van der Waals surface area contributed by atoms with E-state index in [4.69, 9.17) is 4.43 Å². The van der Waals surface area contributed by atoms with Crippen molar-refractivity contribution in [1.82, 2.24) is 0 Å². The Morgan fingerprint density at radius 2 is 1.80 bits per heavy atom. The molecule has 0 radical (unpaired) electrons. The van der Waals surface area contributed by atoms with Crippen molar-refractivity contribution in [1.29, 1.82) is 0 Å². The Balaban J connectivity index is 2.92. The number of halogens is 3. The molecule has 0 saturated carbocycles. The molecule has 0 fully saturated rings. The maximum Gasteiger partial charge on any atom is 0.505 e. The highest BCUT2D eigenvalue weighted by Crippen LogP contribution is 2.28. The first-order valence-electron chi connectivity index (χ1n) is 6.26. The summed E-state index contributed by atoms with van der Waals surface area (Å²) in [6.07, 6.45) is -3.84. The maximum absolute atomic E-state index is 13.7. The van der Waals surface area contributed by atoms with Crippen molar-refractivity contribution in [3.05, 3.63) is 35.9 Å². The van der Waals surface area contributed by atoms with Crippen LogP contribution in [0.3, 0.4) is 0 Å². The van der Waals surface area contributed by atoms with Crippen LogP contribution in [0.2, 0.25) is 0 Å². The molecule has 20 heavy (non-hydrogen) atoms. The van der Waals surface area contributed by atoms with Gasteiger partial charge in [0.15, 0.2) is 0 Å². The van der Waals surface area contributed by atoms with Gasteiger partial charge in [-0.15, -0.1) is 0 Å². The second-order valence-corrected chi connectivity index (χ2v) is 7.15. The van der Waals surface area contributed by atoms with Crippen molar-refractivity contribution >= 4 is 8.80 Å². The average molecular weight is 308 g/mol. The second kappa shape index (κ2) is 6.71. The molecule has 1 N–H and O–H groups in total. The highest BCUT2D eigenvalue weighted by molar-refractivity contribution is 6.58. The van der Waals surface area contributed by atoms with Crippen LogP contribution in [0.25, 0.3) is 0 Å². The lowest BCUT2D eigenvalue weighted by Gasteiger charge is -2.32. The molecule has 0 aliphatic rings. The molecule has 1 aromatic rings. The van der Waals surface area contributed by atoms with E-state index < -0.39 is 27.2 Å². The molecule has 0 aliphatic carbocycles. The van der Waals surface area contributed by atoms with Gasteiger partial charge < -0.3 is 13.6 Å². The van der Waals surface area contributed by atoms with E-state index in [2.05, 4.69) is 4.43 Å². The number of hydrogen-bond acceptors (Lipinski definition) is 3. The summed E-state index contributed by atoms with van der Waals surface area (Å²) in [7, 11) is -4.11. The Morgan fingerprint density at radius 3 is 2.25 bits per heavy atom. The predicted octanol–water partition coefficient (Wildman–Crippen LogP) is 3.09. The minimum absolute atomic E-state index is 0.127. The van der Waals surface area contributed by atoms with E-state index in [-0.39, 0.29) is 6.04 Å². The van der Waals surface area contributed by atoms with Crippen molar-refractivity contribution < 1.29 is 26.8 Å². The first kappa shape index (κ1) is 17.2. The molecule has 114 valence electrons. The molecule has 0 aromatic heterocycles. The third kappa shape index (κ3) is 5.24. The Labute approximate surface area is 117 Å². The SMILES string of the molecule is CC(C)O[Si](O)(Cc1ccccc1)OC(C)(F)C(F)F. The molecule has 0 saturated heterocycles. The molecule has 0 amide bonds. The standard InChI is InChI=1S/C13H19F3O3Si/c1-10(2)18-20(17,19-13(3,16)12(14)15)9-11-7-5-4-6-8-11/h4-8,10,12,17H,9H2,1-3H3. The smallest absolute Gasteiger partial charge is 0.389 e. The number of alkyl halides is 3. The molecular weight excluding hydrogens is 289 g/mol. The lowest BCUT2D eigenvalue weighted by Crippen LogP contribution is -2.54. The Kier molecular flexibility index (Phi) is 5.75. The van der Waals surface area contributed by atoms with Crippen molar-refractivity contribution in [2.24, 2.45) is 0 Å². The second-order valence-electron chi connectivity index (χ2n) is 4.93. The van der Waals surface area contributed by atoms with Gasteiger partial charge in [-0.2, -0.15) is 0 Å². The first-order chi connectivity index (χ1) is 9.15. The van der Waals surface area contributed by atoms with E-state index in [1.807, 2.05) is 0 Å². The summed E-state index contributed by atoms with van der Waals surface area (Å²) in [5, 5.41) is 0. The van der Waals surface area contributed by atoms with Crippen molar-refractivity contribution in [3.63, 3.8) is 0 Å². The van der Waals surface area contributed by atoms with Gasteiger partial charge in [-0.1, -0.05) is 30.3 Å². The van der Waals surface area contributed by atoms with E-state index in [0.29, 0.717) is 12.5 Å². The molecule has 0 aliphatic heterocycles. The van der Waals surface area contributed by atoms with Gasteiger partial charge in [-0.25, -0.2) is 13.2 Å². The molecule has 3 nitrogen and oxygen atoms in total. The summed E-state index contributed by atoms with van der Waals surface area (Å²) in [4.78, 5) is 10.3. The predicted molar refractivity (Wildman–Crippen MR) is 70.9 cm³/mol. The molecule has 0 bridgehead atoms. The topological polar surface area (TPSA) is 38.7 Å². The molecule has 1 aromatic carbocycles. The fraction of sp³-hybridized carbons (Fsp3) is 0.538. The third-order valence-corrected chi connectivity index (χ3v) is 4.85. The van der Waals surface area contributed by atoms with Crippen LogP contribution in [0.5, 0.6) is 0 Å². The molecular formula is C13H19F3O3Si. The Bertz CT molecular complexity index is 415. The zero-order valence-corrected chi connectivity index (χ0v) is 12.6. The first-order valence-corrected chi connectivity index (χ1v) is 8.23. The Morgan fingerprint density at radius 1 is 1.25 bits per heavy atom. The minimum atomic E-state index is -4.11.